The zero-order valence-electron chi connectivity index (χ0n) is 17.4. The molecule has 0 saturated carbocycles. The summed E-state index contributed by atoms with van der Waals surface area (Å²) < 4.78 is 2.94. The number of nitrogens with zero attached hydrogens (tertiary/aromatic N) is 4. The Labute approximate surface area is 174 Å². The molecule has 0 aliphatic carbocycles. The van der Waals surface area contributed by atoms with Gasteiger partial charge >= 0.3 is 0 Å². The number of nitrogens with one attached hydrogen (secondary N) is 1. The molecule has 2 heterocycles. The maximum atomic E-state index is 12.9. The van der Waals surface area contributed by atoms with Gasteiger partial charge in [0.15, 0.2) is 5.65 Å². The van der Waals surface area contributed by atoms with Gasteiger partial charge in [-0.15, -0.1) is 0 Å². The van der Waals surface area contributed by atoms with Crippen LogP contribution in [0.15, 0.2) is 53.7 Å². The lowest BCUT2D eigenvalue weighted by Crippen LogP contribution is -2.28. The summed E-state index contributed by atoms with van der Waals surface area (Å²) in [7, 11) is 0. The summed E-state index contributed by atoms with van der Waals surface area (Å²) in [5.74, 6) is -0.284. The third-order valence-electron chi connectivity index (χ3n) is 5.48. The summed E-state index contributed by atoms with van der Waals surface area (Å²) in [5, 5.41) is 7.59. The predicted molar refractivity (Wildman–Crippen MR) is 117 cm³/mol. The lowest BCUT2D eigenvalue weighted by atomic mass is 10.1. The van der Waals surface area contributed by atoms with Crippen LogP contribution in [0, 0.1) is 27.7 Å². The molecule has 0 aliphatic heterocycles. The van der Waals surface area contributed by atoms with E-state index in [4.69, 9.17) is 0 Å². The Hall–Kier alpha value is -3.74. The van der Waals surface area contributed by atoms with Crippen molar-refractivity contribution in [3.63, 3.8) is 0 Å². The number of hydrogen-bond acceptors (Lipinski definition) is 4. The van der Waals surface area contributed by atoms with Gasteiger partial charge in [0, 0.05) is 5.69 Å². The minimum atomic E-state index is -0.300. The van der Waals surface area contributed by atoms with Crippen LogP contribution in [0.4, 0.5) is 5.69 Å². The van der Waals surface area contributed by atoms with Gasteiger partial charge in [0.2, 0.25) is 5.91 Å². The van der Waals surface area contributed by atoms with E-state index in [1.54, 1.807) is 4.68 Å². The fourth-order valence-corrected chi connectivity index (χ4v) is 3.34. The Morgan fingerprint density at radius 2 is 1.83 bits per heavy atom. The molecule has 2 aromatic carbocycles. The van der Waals surface area contributed by atoms with Crippen molar-refractivity contribution in [3.8, 4) is 5.69 Å². The molecule has 1 N–H and O–H groups in total. The molecule has 0 unspecified atom stereocenters. The van der Waals surface area contributed by atoms with Crippen LogP contribution in [0.3, 0.4) is 0 Å². The number of anilines is 1. The maximum absolute atomic E-state index is 12.9. The van der Waals surface area contributed by atoms with E-state index in [1.807, 2.05) is 64.1 Å². The average molecular weight is 401 g/mol. The molecule has 0 saturated heterocycles. The Bertz CT molecular complexity index is 1330. The molecule has 1 amide bonds. The molecular weight excluding hydrogens is 378 g/mol. The van der Waals surface area contributed by atoms with Crippen molar-refractivity contribution in [1.29, 1.82) is 0 Å². The van der Waals surface area contributed by atoms with Crippen LogP contribution in [0.25, 0.3) is 16.7 Å². The van der Waals surface area contributed by atoms with Crippen LogP contribution < -0.4 is 10.9 Å². The van der Waals surface area contributed by atoms with E-state index in [1.165, 1.54) is 22.7 Å². The normalized spacial score (nSPS) is 11.1. The van der Waals surface area contributed by atoms with Crippen molar-refractivity contribution in [2.45, 2.75) is 34.2 Å². The monoisotopic (exact) mass is 401 g/mol. The molecule has 0 radical (unpaired) electrons. The van der Waals surface area contributed by atoms with E-state index in [9.17, 15) is 9.59 Å². The summed E-state index contributed by atoms with van der Waals surface area (Å²) in [5.41, 5.74) is 6.15. The van der Waals surface area contributed by atoms with Gasteiger partial charge in [0.05, 0.1) is 11.9 Å². The predicted octanol–water partition coefficient (Wildman–Crippen LogP) is 3.45. The maximum Gasteiger partial charge on any atom is 0.264 e. The molecule has 0 fully saturated rings. The number of carbonyl (C=O) groups excluding carboxylic acids is 1. The highest BCUT2D eigenvalue weighted by molar-refractivity contribution is 5.91. The van der Waals surface area contributed by atoms with Gasteiger partial charge in [-0.1, -0.05) is 18.2 Å². The smallest absolute Gasteiger partial charge is 0.264 e. The molecule has 7 heteroatoms. The van der Waals surface area contributed by atoms with Crippen molar-refractivity contribution in [2.75, 3.05) is 5.32 Å². The first-order chi connectivity index (χ1) is 14.3. The van der Waals surface area contributed by atoms with Gasteiger partial charge in [0.25, 0.3) is 5.56 Å². The highest BCUT2D eigenvalue weighted by Gasteiger charge is 2.14. The molecular formula is C23H23N5O2. The third kappa shape index (κ3) is 3.50. The second-order valence-corrected chi connectivity index (χ2v) is 7.54. The Morgan fingerprint density at radius 1 is 1.03 bits per heavy atom. The number of aromatic nitrogens is 4. The summed E-state index contributed by atoms with van der Waals surface area (Å²) in [4.78, 5) is 29.8. The van der Waals surface area contributed by atoms with Gasteiger partial charge in [-0.2, -0.15) is 5.10 Å². The average Bonchev–Trinajstić information content (AvgIpc) is 3.15. The Balaban J connectivity index is 1.63. The number of aryl methyl sites for hydroxylation is 3. The van der Waals surface area contributed by atoms with Gasteiger partial charge in [0.1, 0.15) is 18.3 Å². The largest absolute Gasteiger partial charge is 0.324 e. The molecule has 4 aromatic rings. The van der Waals surface area contributed by atoms with Crippen LogP contribution in [0.5, 0.6) is 0 Å². The second kappa shape index (κ2) is 7.59. The number of hydrogen-bond donors (Lipinski definition) is 1. The summed E-state index contributed by atoms with van der Waals surface area (Å²) in [6.45, 7) is 7.89. The fraction of sp³-hybridized carbons (Fsp3) is 0.217. The van der Waals surface area contributed by atoms with Crippen LogP contribution in [-0.4, -0.2) is 25.2 Å². The molecule has 152 valence electrons. The first-order valence-corrected chi connectivity index (χ1v) is 9.72. The number of benzene rings is 2. The van der Waals surface area contributed by atoms with Crippen LogP contribution >= 0.6 is 0 Å². The molecule has 0 aliphatic rings. The Kier molecular flexibility index (Phi) is 4.95. The summed E-state index contributed by atoms with van der Waals surface area (Å²) in [6.07, 6.45) is 2.89. The van der Waals surface area contributed by atoms with E-state index in [-0.39, 0.29) is 18.0 Å². The van der Waals surface area contributed by atoms with Crippen LogP contribution in [0.2, 0.25) is 0 Å². The number of amides is 1. The first kappa shape index (κ1) is 19.6. The first-order valence-electron chi connectivity index (χ1n) is 9.72. The fourth-order valence-electron chi connectivity index (χ4n) is 3.34. The molecule has 2 aromatic heterocycles. The van der Waals surface area contributed by atoms with Gasteiger partial charge in [-0.25, -0.2) is 9.67 Å². The van der Waals surface area contributed by atoms with Gasteiger partial charge < -0.3 is 5.32 Å². The number of rotatable bonds is 4. The Morgan fingerprint density at radius 3 is 2.60 bits per heavy atom. The number of carbonyl (C=O) groups is 1. The van der Waals surface area contributed by atoms with Gasteiger partial charge in [-0.3, -0.25) is 14.2 Å². The molecule has 0 spiro atoms. The van der Waals surface area contributed by atoms with Crippen molar-refractivity contribution in [3.05, 3.63) is 81.5 Å². The van der Waals surface area contributed by atoms with Crippen molar-refractivity contribution < 1.29 is 4.79 Å². The van der Waals surface area contributed by atoms with E-state index < -0.39 is 0 Å². The highest BCUT2D eigenvalue weighted by Crippen LogP contribution is 2.19. The van der Waals surface area contributed by atoms with Gasteiger partial charge in [-0.05, 0) is 68.1 Å². The lowest BCUT2D eigenvalue weighted by Gasteiger charge is -2.11. The van der Waals surface area contributed by atoms with Crippen molar-refractivity contribution in [2.24, 2.45) is 0 Å². The molecule has 0 bridgehead atoms. The van der Waals surface area contributed by atoms with Crippen LogP contribution in [-0.2, 0) is 11.3 Å². The minimum absolute atomic E-state index is 0.121. The molecule has 4 rings (SSSR count). The van der Waals surface area contributed by atoms with E-state index in [0.29, 0.717) is 11.0 Å². The topological polar surface area (TPSA) is 81.8 Å². The SMILES string of the molecule is Cc1ccc(-n2ncc3c(=O)n(CC(=O)Nc4cccc(C)c4C)cnc32)cc1C. The summed E-state index contributed by atoms with van der Waals surface area (Å²) >= 11 is 0. The molecule has 7 nitrogen and oxygen atoms in total. The highest BCUT2D eigenvalue weighted by atomic mass is 16.2. The summed E-state index contributed by atoms with van der Waals surface area (Å²) in [6, 6.07) is 11.7. The standard InChI is InChI=1S/C23H23N5O2/c1-14-8-9-18(10-16(14)3)28-22-19(11-25-28)23(30)27(13-24-22)12-21(29)26-20-7-5-6-15(2)17(20)4/h5-11,13H,12H2,1-4H3,(H,26,29). The lowest BCUT2D eigenvalue weighted by molar-refractivity contribution is -0.116. The number of fused-ring (bicyclic) bond motifs is 1. The molecule has 0 atom stereocenters. The van der Waals surface area contributed by atoms with Crippen molar-refractivity contribution >= 4 is 22.6 Å². The zero-order valence-corrected chi connectivity index (χ0v) is 17.4. The minimum Gasteiger partial charge on any atom is -0.324 e. The molecule has 30 heavy (non-hydrogen) atoms. The van der Waals surface area contributed by atoms with E-state index in [0.717, 1.165) is 28.1 Å². The van der Waals surface area contributed by atoms with Crippen LogP contribution in [0.1, 0.15) is 22.3 Å². The third-order valence-corrected chi connectivity index (χ3v) is 5.48. The second-order valence-electron chi connectivity index (χ2n) is 7.54. The van der Waals surface area contributed by atoms with Crippen molar-refractivity contribution in [1.82, 2.24) is 19.3 Å². The van der Waals surface area contributed by atoms with E-state index in [2.05, 4.69) is 15.4 Å². The zero-order chi connectivity index (χ0) is 21.4. The van der Waals surface area contributed by atoms with E-state index >= 15 is 0 Å². The quantitative estimate of drug-likeness (QED) is 0.568.